The maximum Gasteiger partial charge on any atom is 0.251 e. The molecule has 2 heterocycles. The number of rotatable bonds is 3. The Labute approximate surface area is 106 Å². The summed E-state index contributed by atoms with van der Waals surface area (Å²) in [6.45, 7) is 0.553. The molecule has 1 N–H and O–H groups in total. The predicted octanol–water partition coefficient (Wildman–Crippen LogP) is 2.84. The van der Waals surface area contributed by atoms with Crippen LogP contribution in [0.25, 0.3) is 0 Å². The molecule has 2 aromatic heterocycles. The number of hydrogen-bond acceptors (Lipinski definition) is 3. The van der Waals surface area contributed by atoms with E-state index < -0.39 is 0 Å². The van der Waals surface area contributed by atoms with E-state index in [2.05, 4.69) is 26.2 Å². The molecule has 5 heteroatoms. The minimum Gasteiger partial charge on any atom is -0.347 e. The predicted molar refractivity (Wildman–Crippen MR) is 67.4 cm³/mol. The van der Waals surface area contributed by atoms with E-state index in [1.807, 2.05) is 12.1 Å². The molecule has 0 unspecified atom stereocenters. The van der Waals surface area contributed by atoms with Crippen molar-refractivity contribution >= 4 is 33.2 Å². The van der Waals surface area contributed by atoms with Gasteiger partial charge in [-0.3, -0.25) is 9.78 Å². The molecule has 0 saturated heterocycles. The van der Waals surface area contributed by atoms with Crippen molar-refractivity contribution < 1.29 is 4.79 Å². The zero-order chi connectivity index (χ0) is 11.4. The van der Waals surface area contributed by atoms with Crippen LogP contribution in [0.15, 0.2) is 40.4 Å². The Kier molecular flexibility index (Phi) is 3.69. The van der Waals surface area contributed by atoms with Gasteiger partial charge in [-0.25, -0.2) is 0 Å². The summed E-state index contributed by atoms with van der Waals surface area (Å²) < 4.78 is 1.07. The molecule has 0 spiro atoms. The zero-order valence-corrected chi connectivity index (χ0v) is 10.7. The van der Waals surface area contributed by atoms with E-state index in [0.717, 1.165) is 8.66 Å². The molecule has 2 aromatic rings. The molecule has 0 bridgehead atoms. The van der Waals surface area contributed by atoms with Gasteiger partial charge in [0.25, 0.3) is 5.91 Å². The lowest BCUT2D eigenvalue weighted by molar-refractivity contribution is 0.0951. The van der Waals surface area contributed by atoms with Gasteiger partial charge in [0.2, 0.25) is 0 Å². The Morgan fingerprint density at radius 1 is 1.31 bits per heavy atom. The van der Waals surface area contributed by atoms with Crippen molar-refractivity contribution in [3.63, 3.8) is 0 Å². The van der Waals surface area contributed by atoms with Gasteiger partial charge >= 0.3 is 0 Å². The van der Waals surface area contributed by atoms with Gasteiger partial charge in [-0.15, -0.1) is 11.3 Å². The fourth-order valence-corrected chi connectivity index (χ4v) is 2.64. The van der Waals surface area contributed by atoms with Crippen LogP contribution in [0.4, 0.5) is 0 Å². The topological polar surface area (TPSA) is 42.0 Å². The SMILES string of the molecule is O=C(NCc1ccc(Br)s1)c1ccncc1. The first-order valence-electron chi connectivity index (χ1n) is 4.68. The Morgan fingerprint density at radius 2 is 2.06 bits per heavy atom. The number of thiophene rings is 1. The second-order valence-corrected chi connectivity index (χ2v) is 5.67. The molecular weight excluding hydrogens is 288 g/mol. The van der Waals surface area contributed by atoms with Crippen LogP contribution in [0.1, 0.15) is 15.2 Å². The Bertz CT molecular complexity index is 484. The van der Waals surface area contributed by atoms with Gasteiger partial charge in [0.05, 0.1) is 10.3 Å². The third-order valence-electron chi connectivity index (χ3n) is 1.99. The van der Waals surface area contributed by atoms with Gasteiger partial charge in [-0.1, -0.05) is 0 Å². The van der Waals surface area contributed by atoms with Gasteiger partial charge < -0.3 is 5.32 Å². The van der Waals surface area contributed by atoms with E-state index >= 15 is 0 Å². The maximum atomic E-state index is 11.7. The largest absolute Gasteiger partial charge is 0.347 e. The number of aromatic nitrogens is 1. The molecule has 16 heavy (non-hydrogen) atoms. The first kappa shape index (κ1) is 11.3. The number of carbonyl (C=O) groups is 1. The summed E-state index contributed by atoms with van der Waals surface area (Å²) in [7, 11) is 0. The van der Waals surface area contributed by atoms with Crippen molar-refractivity contribution in [2.24, 2.45) is 0 Å². The van der Waals surface area contributed by atoms with E-state index in [0.29, 0.717) is 12.1 Å². The van der Waals surface area contributed by atoms with Crippen molar-refractivity contribution in [2.75, 3.05) is 0 Å². The van der Waals surface area contributed by atoms with Gasteiger partial charge in [0.1, 0.15) is 0 Å². The minimum atomic E-state index is -0.0769. The van der Waals surface area contributed by atoms with Crippen molar-refractivity contribution in [1.29, 1.82) is 0 Å². The number of carbonyl (C=O) groups excluding carboxylic acids is 1. The summed E-state index contributed by atoms with van der Waals surface area (Å²) >= 11 is 5.00. The lowest BCUT2D eigenvalue weighted by Gasteiger charge is -2.02. The van der Waals surface area contributed by atoms with Crippen LogP contribution in [-0.4, -0.2) is 10.9 Å². The fraction of sp³-hybridized carbons (Fsp3) is 0.0909. The van der Waals surface area contributed by atoms with Crippen LogP contribution >= 0.6 is 27.3 Å². The second kappa shape index (κ2) is 5.23. The highest BCUT2D eigenvalue weighted by atomic mass is 79.9. The number of nitrogens with zero attached hydrogens (tertiary/aromatic N) is 1. The molecule has 0 fully saturated rings. The number of hydrogen-bond donors (Lipinski definition) is 1. The quantitative estimate of drug-likeness (QED) is 0.946. The number of amides is 1. The first-order valence-corrected chi connectivity index (χ1v) is 6.29. The highest BCUT2D eigenvalue weighted by molar-refractivity contribution is 9.11. The van der Waals surface area contributed by atoms with E-state index in [4.69, 9.17) is 0 Å². The lowest BCUT2D eigenvalue weighted by Crippen LogP contribution is -2.22. The minimum absolute atomic E-state index is 0.0769. The summed E-state index contributed by atoms with van der Waals surface area (Å²) in [4.78, 5) is 16.7. The van der Waals surface area contributed by atoms with Gasteiger partial charge in [-0.2, -0.15) is 0 Å². The average molecular weight is 297 g/mol. The standard InChI is InChI=1S/C11H9BrN2OS/c12-10-2-1-9(16-10)7-14-11(15)8-3-5-13-6-4-8/h1-6H,7H2,(H,14,15). The first-order chi connectivity index (χ1) is 7.75. The number of halogens is 1. The molecule has 2 rings (SSSR count). The molecule has 1 amide bonds. The van der Waals surface area contributed by atoms with Crippen molar-refractivity contribution in [3.05, 3.63) is 50.9 Å². The Morgan fingerprint density at radius 3 is 2.69 bits per heavy atom. The van der Waals surface area contributed by atoms with Crippen molar-refractivity contribution in [1.82, 2.24) is 10.3 Å². The van der Waals surface area contributed by atoms with Crippen molar-refractivity contribution in [3.8, 4) is 0 Å². The highest BCUT2D eigenvalue weighted by Gasteiger charge is 2.04. The highest BCUT2D eigenvalue weighted by Crippen LogP contribution is 2.21. The van der Waals surface area contributed by atoms with Gasteiger partial charge in [-0.05, 0) is 40.2 Å². The summed E-state index contributed by atoms with van der Waals surface area (Å²) in [6.07, 6.45) is 3.22. The molecule has 0 aliphatic heterocycles. The number of pyridine rings is 1. The molecule has 0 atom stereocenters. The molecule has 3 nitrogen and oxygen atoms in total. The third-order valence-corrected chi connectivity index (χ3v) is 3.62. The summed E-state index contributed by atoms with van der Waals surface area (Å²) in [5.41, 5.74) is 0.630. The monoisotopic (exact) mass is 296 g/mol. The van der Waals surface area contributed by atoms with E-state index in [-0.39, 0.29) is 5.91 Å². The molecule has 82 valence electrons. The lowest BCUT2D eigenvalue weighted by atomic mass is 10.2. The maximum absolute atomic E-state index is 11.7. The molecule has 0 aliphatic rings. The summed E-state index contributed by atoms with van der Waals surface area (Å²) in [6, 6.07) is 7.35. The van der Waals surface area contributed by atoms with Crippen molar-refractivity contribution in [2.45, 2.75) is 6.54 Å². The normalized spacial score (nSPS) is 10.1. The molecule has 0 aliphatic carbocycles. The van der Waals surface area contributed by atoms with Crippen LogP contribution in [0, 0.1) is 0 Å². The van der Waals surface area contributed by atoms with Gasteiger partial charge in [0.15, 0.2) is 0 Å². The molecule has 0 radical (unpaired) electrons. The fourth-order valence-electron chi connectivity index (χ4n) is 1.22. The summed E-state index contributed by atoms with van der Waals surface area (Å²) in [5, 5.41) is 2.85. The van der Waals surface area contributed by atoms with Crippen LogP contribution in [-0.2, 0) is 6.54 Å². The molecule has 0 aromatic carbocycles. The second-order valence-electron chi connectivity index (χ2n) is 3.12. The zero-order valence-electron chi connectivity index (χ0n) is 8.31. The third kappa shape index (κ3) is 2.90. The van der Waals surface area contributed by atoms with E-state index in [9.17, 15) is 4.79 Å². The number of nitrogens with one attached hydrogen (secondary N) is 1. The molecule has 0 saturated carbocycles. The van der Waals surface area contributed by atoms with Crippen LogP contribution in [0.5, 0.6) is 0 Å². The summed E-state index contributed by atoms with van der Waals surface area (Å²) in [5.74, 6) is -0.0769. The molecular formula is C11H9BrN2OS. The Hall–Kier alpha value is -1.20. The van der Waals surface area contributed by atoms with E-state index in [1.165, 1.54) is 0 Å². The van der Waals surface area contributed by atoms with E-state index in [1.54, 1.807) is 35.9 Å². The van der Waals surface area contributed by atoms with Gasteiger partial charge in [0, 0.05) is 22.8 Å². The Balaban J connectivity index is 1.94. The van der Waals surface area contributed by atoms with Crippen LogP contribution in [0.3, 0.4) is 0 Å². The average Bonchev–Trinajstić information content (AvgIpc) is 2.73. The smallest absolute Gasteiger partial charge is 0.251 e. The van der Waals surface area contributed by atoms with Crippen LogP contribution in [0.2, 0.25) is 0 Å². The van der Waals surface area contributed by atoms with Crippen LogP contribution < -0.4 is 5.32 Å².